The van der Waals surface area contributed by atoms with Gasteiger partial charge in [0.25, 0.3) is 0 Å². The quantitative estimate of drug-likeness (QED) is 0.497. The smallest absolute Gasteiger partial charge is 0.155 e. The van der Waals surface area contributed by atoms with E-state index in [-0.39, 0.29) is 5.84 Å². The van der Waals surface area contributed by atoms with Crippen LogP contribution in [-0.2, 0) is 4.74 Å². The molecule has 7 nitrogen and oxygen atoms in total. The third-order valence-electron chi connectivity index (χ3n) is 4.11. The van der Waals surface area contributed by atoms with E-state index >= 15 is 0 Å². The summed E-state index contributed by atoms with van der Waals surface area (Å²) in [5.41, 5.74) is 2.57. The number of nitrogens with zero attached hydrogens (tertiary/aromatic N) is 3. The number of fused-ring (bicyclic) bond motifs is 1. The maximum atomic E-state index is 8.50. The summed E-state index contributed by atoms with van der Waals surface area (Å²) >= 11 is 0. The Morgan fingerprint density at radius 3 is 2.88 bits per heavy atom. The molecule has 4 rings (SSSR count). The van der Waals surface area contributed by atoms with Gasteiger partial charge >= 0.3 is 0 Å². The van der Waals surface area contributed by atoms with E-state index in [0.717, 1.165) is 41.1 Å². The Labute approximate surface area is 138 Å². The van der Waals surface area contributed by atoms with Gasteiger partial charge < -0.3 is 14.6 Å². The molecule has 1 aromatic carbocycles. The number of morpholine rings is 1. The molecule has 0 spiro atoms. The molecule has 1 aliphatic heterocycles. The topological polar surface area (TPSA) is 93.1 Å². The van der Waals surface area contributed by atoms with Gasteiger partial charge in [0.15, 0.2) is 11.7 Å². The number of benzene rings is 1. The second-order valence-electron chi connectivity index (χ2n) is 5.60. The number of aromatic amines is 2. The van der Waals surface area contributed by atoms with Crippen molar-refractivity contribution in [1.82, 2.24) is 20.1 Å². The van der Waals surface area contributed by atoms with Gasteiger partial charge in [-0.3, -0.25) is 10.5 Å². The highest BCUT2D eigenvalue weighted by Gasteiger charge is 2.19. The van der Waals surface area contributed by atoms with Crippen LogP contribution in [0.15, 0.2) is 47.7 Å². The van der Waals surface area contributed by atoms with E-state index in [1.807, 2.05) is 36.5 Å². The minimum absolute atomic E-state index is 0.220. The monoisotopic (exact) mass is 322 g/mol. The Morgan fingerprint density at radius 1 is 1.21 bits per heavy atom. The zero-order chi connectivity index (χ0) is 16.4. The Kier molecular flexibility index (Phi) is 3.84. The van der Waals surface area contributed by atoms with E-state index in [0.29, 0.717) is 13.2 Å². The summed E-state index contributed by atoms with van der Waals surface area (Å²) in [7, 11) is 0. The Bertz CT molecular complexity index is 874. The van der Waals surface area contributed by atoms with E-state index in [9.17, 15) is 0 Å². The predicted molar refractivity (Wildman–Crippen MR) is 92.6 cm³/mol. The van der Waals surface area contributed by atoms with Gasteiger partial charge in [0.2, 0.25) is 0 Å². The molecule has 1 aliphatic rings. The highest BCUT2D eigenvalue weighted by atomic mass is 16.5. The lowest BCUT2D eigenvalue weighted by molar-refractivity contribution is 0.0682. The molecule has 122 valence electrons. The molecular weight excluding hydrogens is 304 g/mol. The molecule has 1 fully saturated rings. The molecular formula is C17H18N6O. The molecule has 3 N–H and O–H groups in total. The highest BCUT2D eigenvalue weighted by molar-refractivity contribution is 6.14. The highest BCUT2D eigenvalue weighted by Crippen LogP contribution is 2.18. The second kappa shape index (κ2) is 6.29. The van der Waals surface area contributed by atoms with Gasteiger partial charge in [0.1, 0.15) is 0 Å². The van der Waals surface area contributed by atoms with Crippen molar-refractivity contribution < 1.29 is 4.74 Å². The summed E-state index contributed by atoms with van der Waals surface area (Å²) in [4.78, 5) is 9.99. The second-order valence-corrected chi connectivity index (χ2v) is 5.60. The zero-order valence-electron chi connectivity index (χ0n) is 13.1. The van der Waals surface area contributed by atoms with Crippen molar-refractivity contribution in [2.45, 2.75) is 0 Å². The van der Waals surface area contributed by atoms with E-state index < -0.39 is 0 Å². The zero-order valence-corrected chi connectivity index (χ0v) is 13.1. The molecule has 0 unspecified atom stereocenters. The van der Waals surface area contributed by atoms with Gasteiger partial charge in [0, 0.05) is 30.2 Å². The molecule has 2 aromatic heterocycles. The Hall–Kier alpha value is -2.93. The van der Waals surface area contributed by atoms with Crippen molar-refractivity contribution >= 4 is 22.6 Å². The normalized spacial score (nSPS) is 15.8. The van der Waals surface area contributed by atoms with Crippen LogP contribution in [0.5, 0.6) is 0 Å². The van der Waals surface area contributed by atoms with E-state index in [2.05, 4.69) is 25.1 Å². The average molecular weight is 322 g/mol. The molecule has 0 amide bonds. The van der Waals surface area contributed by atoms with Crippen molar-refractivity contribution in [3.63, 3.8) is 0 Å². The average Bonchev–Trinajstić information content (AvgIpc) is 3.31. The van der Waals surface area contributed by atoms with Crippen molar-refractivity contribution in [2.75, 3.05) is 26.3 Å². The molecule has 3 aromatic rings. The minimum Gasteiger partial charge on any atom is -0.378 e. The summed E-state index contributed by atoms with van der Waals surface area (Å²) in [6.07, 6.45) is 3.60. The van der Waals surface area contributed by atoms with Crippen molar-refractivity contribution in [3.8, 4) is 0 Å². The van der Waals surface area contributed by atoms with Crippen LogP contribution < -0.4 is 0 Å². The fourth-order valence-corrected chi connectivity index (χ4v) is 2.89. The standard InChI is InChI=1S/C17H18N6O/c18-16(12-3-1-4-14-13(12)11-20-22-14)21-17(15-5-2-6-19-15)23-7-9-24-10-8-23/h1-6,11,18-19H,7-10H2,(H,20,22). The van der Waals surface area contributed by atoms with Crippen LogP contribution in [0.4, 0.5) is 0 Å². The van der Waals surface area contributed by atoms with Gasteiger partial charge in [-0.05, 0) is 18.2 Å². The molecule has 0 atom stereocenters. The van der Waals surface area contributed by atoms with E-state index in [1.165, 1.54) is 0 Å². The Morgan fingerprint density at radius 2 is 2.08 bits per heavy atom. The number of H-pyrrole nitrogens is 2. The summed E-state index contributed by atoms with van der Waals surface area (Å²) < 4.78 is 5.43. The first-order valence-electron chi connectivity index (χ1n) is 7.89. The minimum atomic E-state index is 0.220. The molecule has 7 heteroatoms. The summed E-state index contributed by atoms with van der Waals surface area (Å²) in [6.45, 7) is 2.87. The van der Waals surface area contributed by atoms with Crippen LogP contribution in [0.25, 0.3) is 10.9 Å². The fraction of sp³-hybridized carbons (Fsp3) is 0.235. The molecule has 0 aliphatic carbocycles. The maximum Gasteiger partial charge on any atom is 0.155 e. The van der Waals surface area contributed by atoms with Crippen LogP contribution in [-0.4, -0.2) is 58.1 Å². The number of ether oxygens (including phenoxy) is 1. The van der Waals surface area contributed by atoms with Gasteiger partial charge in [0.05, 0.1) is 30.6 Å². The van der Waals surface area contributed by atoms with Crippen LogP contribution in [0.2, 0.25) is 0 Å². The summed E-state index contributed by atoms with van der Waals surface area (Å²) in [5.74, 6) is 0.992. The van der Waals surface area contributed by atoms with Gasteiger partial charge in [-0.1, -0.05) is 12.1 Å². The number of aliphatic imine (C=N–C) groups is 1. The van der Waals surface area contributed by atoms with Crippen molar-refractivity contribution in [3.05, 3.63) is 54.0 Å². The number of nitrogens with one attached hydrogen (secondary N) is 3. The number of hydrogen-bond donors (Lipinski definition) is 3. The Balaban J connectivity index is 1.74. The number of amidine groups is 2. The van der Waals surface area contributed by atoms with Crippen LogP contribution >= 0.6 is 0 Å². The lowest BCUT2D eigenvalue weighted by Gasteiger charge is -2.29. The lowest BCUT2D eigenvalue weighted by atomic mass is 10.1. The third kappa shape index (κ3) is 2.69. The molecule has 24 heavy (non-hydrogen) atoms. The summed E-state index contributed by atoms with van der Waals surface area (Å²) in [6, 6.07) is 9.65. The molecule has 0 radical (unpaired) electrons. The molecule has 0 bridgehead atoms. The summed E-state index contributed by atoms with van der Waals surface area (Å²) in [5, 5.41) is 16.4. The van der Waals surface area contributed by atoms with E-state index in [4.69, 9.17) is 10.1 Å². The first kappa shape index (κ1) is 14.6. The number of aromatic nitrogens is 3. The van der Waals surface area contributed by atoms with Crippen LogP contribution in [0.3, 0.4) is 0 Å². The molecule has 1 saturated heterocycles. The molecule has 3 heterocycles. The first-order valence-corrected chi connectivity index (χ1v) is 7.89. The van der Waals surface area contributed by atoms with E-state index in [1.54, 1.807) is 6.20 Å². The van der Waals surface area contributed by atoms with Crippen molar-refractivity contribution in [1.29, 1.82) is 5.41 Å². The SMILES string of the molecule is N=C(N=C(c1ccc[nH]1)N1CCOCC1)c1cccc2[nH]ncc12. The van der Waals surface area contributed by atoms with Crippen LogP contribution in [0.1, 0.15) is 11.3 Å². The van der Waals surface area contributed by atoms with Crippen molar-refractivity contribution in [2.24, 2.45) is 4.99 Å². The number of hydrogen-bond acceptors (Lipinski definition) is 3. The number of rotatable bonds is 2. The third-order valence-corrected chi connectivity index (χ3v) is 4.11. The first-order chi connectivity index (χ1) is 11.8. The predicted octanol–water partition coefficient (Wildman–Crippen LogP) is 2.00. The van der Waals surface area contributed by atoms with Gasteiger partial charge in [-0.2, -0.15) is 5.10 Å². The fourth-order valence-electron chi connectivity index (χ4n) is 2.89. The largest absolute Gasteiger partial charge is 0.378 e. The molecule has 0 saturated carbocycles. The van der Waals surface area contributed by atoms with Gasteiger partial charge in [-0.25, -0.2) is 4.99 Å². The maximum absolute atomic E-state index is 8.50. The van der Waals surface area contributed by atoms with Gasteiger partial charge in [-0.15, -0.1) is 0 Å². The van der Waals surface area contributed by atoms with Crippen LogP contribution in [0, 0.1) is 5.41 Å². The lowest BCUT2D eigenvalue weighted by Crippen LogP contribution is -2.41.